The second-order valence-electron chi connectivity index (χ2n) is 3.89. The van der Waals surface area contributed by atoms with Crippen LogP contribution in [0.4, 0.5) is 0 Å². The Morgan fingerprint density at radius 1 is 1.46 bits per heavy atom. The molecule has 13 heavy (non-hydrogen) atoms. The summed E-state index contributed by atoms with van der Waals surface area (Å²) in [6, 6.07) is 0. The molecule has 4 nitrogen and oxygen atoms in total. The van der Waals surface area contributed by atoms with E-state index in [0.717, 1.165) is 32.7 Å². The Labute approximate surface area is 78.0 Å². The Morgan fingerprint density at radius 2 is 2.23 bits per heavy atom. The van der Waals surface area contributed by atoms with Gasteiger partial charge in [-0.25, -0.2) is 0 Å². The van der Waals surface area contributed by atoms with E-state index in [4.69, 9.17) is 10.5 Å². The van der Waals surface area contributed by atoms with Crippen molar-refractivity contribution in [2.45, 2.75) is 6.42 Å². The number of likely N-dealkylation sites (tertiary alicyclic amines) is 1. The molecule has 2 N–H and O–H groups in total. The van der Waals surface area contributed by atoms with E-state index in [1.165, 1.54) is 0 Å². The van der Waals surface area contributed by atoms with Crippen LogP contribution in [0.1, 0.15) is 6.42 Å². The van der Waals surface area contributed by atoms with Crippen molar-refractivity contribution in [2.24, 2.45) is 17.6 Å². The highest BCUT2D eigenvalue weighted by molar-refractivity contribution is 5.78. The van der Waals surface area contributed by atoms with E-state index in [9.17, 15) is 4.79 Å². The van der Waals surface area contributed by atoms with E-state index < -0.39 is 0 Å². The number of carbonyl (C=O) groups excluding carboxylic acids is 1. The third kappa shape index (κ3) is 1.69. The van der Waals surface area contributed by atoms with E-state index in [1.807, 2.05) is 4.90 Å². The number of ether oxygens (including phenoxy) is 1. The van der Waals surface area contributed by atoms with Crippen LogP contribution in [-0.2, 0) is 9.53 Å². The normalized spacial score (nSPS) is 33.2. The van der Waals surface area contributed by atoms with E-state index in [-0.39, 0.29) is 12.5 Å². The molecule has 0 radical (unpaired) electrons. The largest absolute Gasteiger partial charge is 0.381 e. The highest BCUT2D eigenvalue weighted by Gasteiger charge is 2.34. The van der Waals surface area contributed by atoms with Crippen LogP contribution in [0.25, 0.3) is 0 Å². The predicted molar refractivity (Wildman–Crippen MR) is 48.1 cm³/mol. The molecule has 0 aromatic carbocycles. The number of carbonyl (C=O) groups is 1. The van der Waals surface area contributed by atoms with Crippen molar-refractivity contribution in [3.63, 3.8) is 0 Å². The van der Waals surface area contributed by atoms with Crippen LogP contribution >= 0.6 is 0 Å². The highest BCUT2D eigenvalue weighted by Crippen LogP contribution is 2.28. The smallest absolute Gasteiger partial charge is 0.236 e. The van der Waals surface area contributed by atoms with Crippen molar-refractivity contribution in [1.82, 2.24) is 4.90 Å². The molecule has 2 unspecified atom stereocenters. The lowest BCUT2D eigenvalue weighted by atomic mass is 9.89. The zero-order valence-electron chi connectivity index (χ0n) is 7.74. The van der Waals surface area contributed by atoms with Gasteiger partial charge in [0.25, 0.3) is 0 Å². The molecule has 2 rings (SSSR count). The lowest BCUT2D eigenvalue weighted by molar-refractivity contribution is -0.131. The molecular weight excluding hydrogens is 168 g/mol. The summed E-state index contributed by atoms with van der Waals surface area (Å²) in [5.41, 5.74) is 5.32. The standard InChI is InChI=1S/C9H16N2O2/c10-3-9(12)11-2-1-7-5-13-6-8(7)4-11/h7-8H,1-6,10H2. The molecular formula is C9H16N2O2. The first kappa shape index (κ1) is 8.97. The first-order valence-electron chi connectivity index (χ1n) is 4.87. The molecule has 4 heteroatoms. The van der Waals surface area contributed by atoms with Crippen molar-refractivity contribution >= 4 is 5.91 Å². The van der Waals surface area contributed by atoms with Gasteiger partial charge in [-0.1, -0.05) is 0 Å². The number of nitrogens with two attached hydrogens (primary N) is 1. The van der Waals surface area contributed by atoms with Crippen LogP contribution in [-0.4, -0.2) is 43.7 Å². The van der Waals surface area contributed by atoms with Gasteiger partial charge in [-0.15, -0.1) is 0 Å². The second kappa shape index (κ2) is 3.64. The Kier molecular flexibility index (Phi) is 2.51. The number of hydrogen-bond acceptors (Lipinski definition) is 3. The molecule has 74 valence electrons. The van der Waals surface area contributed by atoms with Gasteiger partial charge in [-0.3, -0.25) is 4.79 Å². The summed E-state index contributed by atoms with van der Waals surface area (Å²) in [5, 5.41) is 0. The van der Waals surface area contributed by atoms with Crippen molar-refractivity contribution < 1.29 is 9.53 Å². The summed E-state index contributed by atoms with van der Waals surface area (Å²) < 4.78 is 5.38. The molecule has 0 aromatic heterocycles. The molecule has 2 aliphatic rings. The number of fused-ring (bicyclic) bond motifs is 1. The van der Waals surface area contributed by atoms with Gasteiger partial charge >= 0.3 is 0 Å². The first-order valence-corrected chi connectivity index (χ1v) is 4.87. The van der Waals surface area contributed by atoms with Gasteiger partial charge in [0.05, 0.1) is 13.2 Å². The van der Waals surface area contributed by atoms with Crippen LogP contribution in [0.5, 0.6) is 0 Å². The maximum atomic E-state index is 11.3. The second-order valence-corrected chi connectivity index (χ2v) is 3.89. The number of piperidine rings is 1. The first-order chi connectivity index (χ1) is 6.31. The van der Waals surface area contributed by atoms with E-state index >= 15 is 0 Å². The summed E-state index contributed by atoms with van der Waals surface area (Å²) >= 11 is 0. The van der Waals surface area contributed by atoms with Crippen molar-refractivity contribution in [3.8, 4) is 0 Å². The Hall–Kier alpha value is -0.610. The highest BCUT2D eigenvalue weighted by atomic mass is 16.5. The minimum Gasteiger partial charge on any atom is -0.381 e. The van der Waals surface area contributed by atoms with Gasteiger partial charge < -0.3 is 15.4 Å². The molecule has 2 fully saturated rings. The number of amides is 1. The van der Waals surface area contributed by atoms with Crippen LogP contribution < -0.4 is 5.73 Å². The average Bonchev–Trinajstić information content (AvgIpc) is 2.63. The maximum absolute atomic E-state index is 11.3. The molecule has 0 aliphatic carbocycles. The quantitative estimate of drug-likeness (QED) is 0.594. The molecule has 0 spiro atoms. The van der Waals surface area contributed by atoms with Gasteiger partial charge in [0, 0.05) is 25.6 Å². The fourth-order valence-corrected chi connectivity index (χ4v) is 2.22. The summed E-state index contributed by atoms with van der Waals surface area (Å²) in [5.74, 6) is 1.32. The summed E-state index contributed by atoms with van der Waals surface area (Å²) in [7, 11) is 0. The molecule has 0 bridgehead atoms. The van der Waals surface area contributed by atoms with E-state index in [2.05, 4.69) is 0 Å². The van der Waals surface area contributed by atoms with Crippen LogP contribution in [0.2, 0.25) is 0 Å². The molecule has 2 heterocycles. The van der Waals surface area contributed by atoms with Gasteiger partial charge in [0.15, 0.2) is 0 Å². The lowest BCUT2D eigenvalue weighted by Gasteiger charge is -2.33. The molecule has 0 saturated carbocycles. The summed E-state index contributed by atoms with van der Waals surface area (Å²) in [4.78, 5) is 13.2. The van der Waals surface area contributed by atoms with Crippen LogP contribution in [0, 0.1) is 11.8 Å². The van der Waals surface area contributed by atoms with Gasteiger partial charge in [0.2, 0.25) is 5.91 Å². The predicted octanol–water partition coefficient (Wildman–Crippen LogP) is -0.560. The average molecular weight is 184 g/mol. The minimum atomic E-state index is 0.0744. The Balaban J connectivity index is 1.93. The third-order valence-electron chi connectivity index (χ3n) is 3.08. The molecule has 2 atom stereocenters. The molecule has 0 aromatic rings. The van der Waals surface area contributed by atoms with Crippen LogP contribution in [0.3, 0.4) is 0 Å². The zero-order valence-corrected chi connectivity index (χ0v) is 7.74. The van der Waals surface area contributed by atoms with Gasteiger partial charge in [0.1, 0.15) is 0 Å². The molecule has 2 saturated heterocycles. The Bertz CT molecular complexity index is 208. The Morgan fingerprint density at radius 3 is 3.00 bits per heavy atom. The molecule has 2 aliphatic heterocycles. The van der Waals surface area contributed by atoms with Crippen LogP contribution in [0.15, 0.2) is 0 Å². The van der Waals surface area contributed by atoms with E-state index in [1.54, 1.807) is 0 Å². The number of hydrogen-bond donors (Lipinski definition) is 1. The summed E-state index contributed by atoms with van der Waals surface area (Å²) in [6.07, 6.45) is 1.08. The maximum Gasteiger partial charge on any atom is 0.236 e. The monoisotopic (exact) mass is 184 g/mol. The van der Waals surface area contributed by atoms with Gasteiger partial charge in [-0.2, -0.15) is 0 Å². The number of rotatable bonds is 1. The SMILES string of the molecule is NCC(=O)N1CCC2COCC2C1. The van der Waals surface area contributed by atoms with Gasteiger partial charge in [-0.05, 0) is 12.3 Å². The third-order valence-corrected chi connectivity index (χ3v) is 3.08. The van der Waals surface area contributed by atoms with Crippen molar-refractivity contribution in [2.75, 3.05) is 32.8 Å². The fraction of sp³-hybridized carbons (Fsp3) is 0.889. The topological polar surface area (TPSA) is 55.6 Å². The number of nitrogens with zero attached hydrogens (tertiary/aromatic N) is 1. The fourth-order valence-electron chi connectivity index (χ4n) is 2.22. The lowest BCUT2D eigenvalue weighted by Crippen LogP contribution is -2.45. The van der Waals surface area contributed by atoms with Crippen molar-refractivity contribution in [1.29, 1.82) is 0 Å². The summed E-state index contributed by atoms with van der Waals surface area (Å²) in [6.45, 7) is 3.55. The minimum absolute atomic E-state index is 0.0744. The van der Waals surface area contributed by atoms with E-state index in [0.29, 0.717) is 11.8 Å². The van der Waals surface area contributed by atoms with Crippen molar-refractivity contribution in [3.05, 3.63) is 0 Å². The zero-order chi connectivity index (χ0) is 9.26. The molecule has 1 amide bonds.